The summed E-state index contributed by atoms with van der Waals surface area (Å²) in [5, 5.41) is 6.59. The lowest BCUT2D eigenvalue weighted by atomic mass is 10.2. The van der Waals surface area contributed by atoms with Crippen molar-refractivity contribution in [2.24, 2.45) is 0 Å². The summed E-state index contributed by atoms with van der Waals surface area (Å²) in [5.74, 6) is 0. The number of nitrogens with one attached hydrogen (secondary N) is 1. The van der Waals surface area contributed by atoms with Crippen LogP contribution >= 0.6 is 22.7 Å². The fraction of sp³-hybridized carbons (Fsp3) is 0.538. The third-order valence-corrected chi connectivity index (χ3v) is 4.29. The number of rotatable bonds is 6. The Balaban J connectivity index is 2.21. The maximum atomic E-state index is 4.74. The Labute approximate surface area is 116 Å². The first-order valence-corrected chi connectivity index (χ1v) is 8.07. The van der Waals surface area contributed by atoms with E-state index in [2.05, 4.69) is 36.5 Å². The molecule has 1 N–H and O–H groups in total. The van der Waals surface area contributed by atoms with Crippen molar-refractivity contribution in [2.75, 3.05) is 0 Å². The van der Waals surface area contributed by atoms with Gasteiger partial charge in [0.15, 0.2) is 0 Å². The van der Waals surface area contributed by atoms with Crippen LogP contribution in [0.3, 0.4) is 0 Å². The number of thiazole rings is 2. The Hall–Kier alpha value is -0.780. The van der Waals surface area contributed by atoms with Crippen LogP contribution in [0.4, 0.5) is 0 Å². The lowest BCUT2D eigenvalue weighted by molar-refractivity contribution is 0.589. The van der Waals surface area contributed by atoms with E-state index in [1.54, 1.807) is 22.7 Å². The molecule has 2 aromatic heterocycles. The average molecular weight is 281 g/mol. The summed E-state index contributed by atoms with van der Waals surface area (Å²) in [5.41, 5.74) is 4.11. The van der Waals surface area contributed by atoms with E-state index >= 15 is 0 Å². The molecule has 3 nitrogen and oxygen atoms in total. The monoisotopic (exact) mass is 281 g/mol. The Morgan fingerprint density at radius 3 is 2.83 bits per heavy atom. The van der Waals surface area contributed by atoms with Gasteiger partial charge in [-0.05, 0) is 6.42 Å². The number of nitrogens with zero attached hydrogens (tertiary/aromatic N) is 2. The third kappa shape index (κ3) is 3.37. The molecule has 2 heterocycles. The van der Waals surface area contributed by atoms with Crippen LogP contribution in [-0.2, 0) is 13.0 Å². The van der Waals surface area contributed by atoms with Crippen LogP contribution in [0.1, 0.15) is 37.8 Å². The van der Waals surface area contributed by atoms with Crippen molar-refractivity contribution in [3.63, 3.8) is 0 Å². The molecule has 0 fully saturated rings. The van der Waals surface area contributed by atoms with Crippen LogP contribution in [0, 0.1) is 0 Å². The summed E-state index contributed by atoms with van der Waals surface area (Å²) >= 11 is 3.39. The average Bonchev–Trinajstić information content (AvgIpc) is 2.95. The van der Waals surface area contributed by atoms with Gasteiger partial charge in [0.05, 0.1) is 11.2 Å². The van der Waals surface area contributed by atoms with Gasteiger partial charge in [-0.1, -0.05) is 27.2 Å². The van der Waals surface area contributed by atoms with E-state index in [0.29, 0.717) is 6.04 Å². The molecule has 0 aliphatic heterocycles. The van der Waals surface area contributed by atoms with E-state index in [0.717, 1.165) is 30.1 Å². The van der Waals surface area contributed by atoms with Crippen molar-refractivity contribution in [1.82, 2.24) is 15.3 Å². The molecule has 0 bridgehead atoms. The molecule has 98 valence electrons. The van der Waals surface area contributed by atoms with Gasteiger partial charge in [0.25, 0.3) is 0 Å². The molecule has 0 spiro atoms. The first-order valence-electron chi connectivity index (χ1n) is 6.31. The molecule has 0 amide bonds. The van der Waals surface area contributed by atoms with Crippen molar-refractivity contribution >= 4 is 22.7 Å². The molecule has 0 saturated heterocycles. The van der Waals surface area contributed by atoms with E-state index < -0.39 is 0 Å². The normalized spacial score (nSPS) is 11.3. The molecule has 0 unspecified atom stereocenters. The summed E-state index contributed by atoms with van der Waals surface area (Å²) in [6.45, 7) is 7.44. The standard InChI is InChI=1S/C13H19N3S2/c1-4-5-10-12(6-14-9(2)3)18-13(16-10)11-7-17-8-15-11/h7-9,14H,4-6H2,1-3H3. The van der Waals surface area contributed by atoms with Crippen LogP contribution in [0.25, 0.3) is 10.7 Å². The summed E-state index contributed by atoms with van der Waals surface area (Å²) in [6, 6.07) is 0.504. The van der Waals surface area contributed by atoms with Crippen LogP contribution in [0.5, 0.6) is 0 Å². The molecule has 0 radical (unpaired) electrons. The molecule has 5 heteroatoms. The highest BCUT2D eigenvalue weighted by Crippen LogP contribution is 2.28. The van der Waals surface area contributed by atoms with Gasteiger partial charge in [0, 0.05) is 22.8 Å². The molecule has 2 aromatic rings. The van der Waals surface area contributed by atoms with Crippen molar-refractivity contribution in [1.29, 1.82) is 0 Å². The zero-order valence-electron chi connectivity index (χ0n) is 11.1. The number of aromatic nitrogens is 2. The predicted molar refractivity (Wildman–Crippen MR) is 79.2 cm³/mol. The summed E-state index contributed by atoms with van der Waals surface area (Å²) in [6.07, 6.45) is 2.19. The molecule has 0 atom stereocenters. The second kappa shape index (κ2) is 6.41. The first kappa shape index (κ1) is 13.6. The Morgan fingerprint density at radius 2 is 2.22 bits per heavy atom. The summed E-state index contributed by atoms with van der Waals surface area (Å²) < 4.78 is 0. The Morgan fingerprint density at radius 1 is 1.39 bits per heavy atom. The van der Waals surface area contributed by atoms with Crippen LogP contribution in [0.2, 0.25) is 0 Å². The SMILES string of the molecule is CCCc1nc(-c2cscn2)sc1CNC(C)C. The van der Waals surface area contributed by atoms with Gasteiger partial charge >= 0.3 is 0 Å². The van der Waals surface area contributed by atoms with Gasteiger partial charge in [-0.25, -0.2) is 9.97 Å². The second-order valence-corrected chi connectivity index (χ2v) is 6.35. The zero-order chi connectivity index (χ0) is 13.0. The third-order valence-electron chi connectivity index (χ3n) is 2.59. The predicted octanol–water partition coefficient (Wildman–Crippen LogP) is 3.72. The van der Waals surface area contributed by atoms with Crippen molar-refractivity contribution < 1.29 is 0 Å². The van der Waals surface area contributed by atoms with Crippen molar-refractivity contribution in [2.45, 2.75) is 46.2 Å². The van der Waals surface area contributed by atoms with Crippen molar-refractivity contribution in [3.8, 4) is 10.7 Å². The Bertz CT molecular complexity index is 474. The minimum atomic E-state index is 0.504. The lowest BCUT2D eigenvalue weighted by Gasteiger charge is -2.07. The van der Waals surface area contributed by atoms with Crippen LogP contribution in [0.15, 0.2) is 10.9 Å². The minimum Gasteiger partial charge on any atom is -0.310 e. The molecule has 2 rings (SSSR count). The van der Waals surface area contributed by atoms with E-state index in [1.807, 2.05) is 5.51 Å². The van der Waals surface area contributed by atoms with Gasteiger partial charge in [0.1, 0.15) is 10.7 Å². The molecule has 0 aliphatic carbocycles. The number of hydrogen-bond donors (Lipinski definition) is 1. The Kier molecular flexibility index (Phi) is 4.86. The molecule has 0 aromatic carbocycles. The van der Waals surface area contributed by atoms with E-state index in [9.17, 15) is 0 Å². The van der Waals surface area contributed by atoms with Gasteiger partial charge in [-0.3, -0.25) is 0 Å². The molecule has 0 aliphatic rings. The van der Waals surface area contributed by atoms with Gasteiger partial charge < -0.3 is 5.32 Å². The summed E-state index contributed by atoms with van der Waals surface area (Å²) in [7, 11) is 0. The molecular weight excluding hydrogens is 262 g/mol. The molecule has 18 heavy (non-hydrogen) atoms. The highest BCUT2D eigenvalue weighted by molar-refractivity contribution is 7.15. The maximum Gasteiger partial charge on any atom is 0.143 e. The smallest absolute Gasteiger partial charge is 0.143 e. The zero-order valence-corrected chi connectivity index (χ0v) is 12.7. The quantitative estimate of drug-likeness (QED) is 0.877. The van der Waals surface area contributed by atoms with Gasteiger partial charge in [0.2, 0.25) is 0 Å². The first-order chi connectivity index (χ1) is 8.70. The number of hydrogen-bond acceptors (Lipinski definition) is 5. The lowest BCUT2D eigenvalue weighted by Crippen LogP contribution is -2.21. The topological polar surface area (TPSA) is 37.8 Å². The van der Waals surface area contributed by atoms with E-state index in [-0.39, 0.29) is 0 Å². The minimum absolute atomic E-state index is 0.504. The van der Waals surface area contributed by atoms with E-state index in [1.165, 1.54) is 10.6 Å². The fourth-order valence-corrected chi connectivity index (χ4v) is 3.32. The fourth-order valence-electron chi connectivity index (χ4n) is 1.68. The maximum absolute atomic E-state index is 4.74. The highest BCUT2D eigenvalue weighted by Gasteiger charge is 2.13. The number of aryl methyl sites for hydroxylation is 1. The van der Waals surface area contributed by atoms with Crippen LogP contribution in [-0.4, -0.2) is 16.0 Å². The summed E-state index contributed by atoms with van der Waals surface area (Å²) in [4.78, 5) is 10.4. The van der Waals surface area contributed by atoms with Gasteiger partial charge in [-0.2, -0.15) is 0 Å². The van der Waals surface area contributed by atoms with Gasteiger partial charge in [-0.15, -0.1) is 22.7 Å². The molecular formula is C13H19N3S2. The van der Waals surface area contributed by atoms with Crippen molar-refractivity contribution in [3.05, 3.63) is 21.5 Å². The van der Waals surface area contributed by atoms with Crippen LogP contribution < -0.4 is 5.32 Å². The van der Waals surface area contributed by atoms with E-state index in [4.69, 9.17) is 4.98 Å². The largest absolute Gasteiger partial charge is 0.310 e. The molecule has 0 saturated carbocycles. The second-order valence-electron chi connectivity index (χ2n) is 4.55. The highest BCUT2D eigenvalue weighted by atomic mass is 32.1.